The molecule has 0 spiro atoms. The molecule has 176 valence electrons. The molecule has 4 saturated carbocycles. The standard InChI is InChI=1S/C24H34N2O5S/c1-31-20-6-5-19(10-21(20)32(29,30)26-7-3-2-4-8-26)25-22(27)15-23-11-17-9-18(12-23)14-24(28,13-17)16-23/h5-6,10,17-18,28H,2-4,7-9,11-16H2,1H3,(H,25,27). The summed E-state index contributed by atoms with van der Waals surface area (Å²) in [5.74, 6) is 1.23. The van der Waals surface area contributed by atoms with Crippen LogP contribution in [0, 0.1) is 17.3 Å². The van der Waals surface area contributed by atoms with E-state index in [2.05, 4.69) is 5.32 Å². The van der Waals surface area contributed by atoms with Crippen LogP contribution in [0.2, 0.25) is 0 Å². The van der Waals surface area contributed by atoms with Crippen LogP contribution in [0.1, 0.15) is 64.2 Å². The predicted molar refractivity (Wildman–Crippen MR) is 121 cm³/mol. The molecule has 2 N–H and O–H groups in total. The van der Waals surface area contributed by atoms with Crippen LogP contribution in [0.4, 0.5) is 5.69 Å². The molecule has 1 saturated heterocycles. The van der Waals surface area contributed by atoms with Crippen molar-refractivity contribution >= 4 is 21.6 Å². The molecule has 6 rings (SSSR count). The number of methoxy groups -OCH3 is 1. The number of nitrogens with zero attached hydrogens (tertiary/aromatic N) is 1. The number of anilines is 1. The van der Waals surface area contributed by atoms with Crippen LogP contribution in [0.3, 0.4) is 0 Å². The van der Waals surface area contributed by atoms with Crippen molar-refractivity contribution in [2.24, 2.45) is 17.3 Å². The number of ether oxygens (including phenoxy) is 1. The molecule has 5 aliphatic rings. The lowest BCUT2D eigenvalue weighted by Crippen LogP contribution is -2.56. The first-order valence-electron chi connectivity index (χ1n) is 11.9. The molecule has 8 heteroatoms. The first kappa shape index (κ1) is 22.2. The topological polar surface area (TPSA) is 95.9 Å². The highest BCUT2D eigenvalue weighted by molar-refractivity contribution is 7.89. The summed E-state index contributed by atoms with van der Waals surface area (Å²) in [5, 5.41) is 13.9. The van der Waals surface area contributed by atoms with Crippen LogP contribution in [0.25, 0.3) is 0 Å². The largest absolute Gasteiger partial charge is 0.495 e. The average molecular weight is 463 g/mol. The second kappa shape index (κ2) is 7.99. The van der Waals surface area contributed by atoms with E-state index in [0.717, 1.165) is 44.9 Å². The average Bonchev–Trinajstić information content (AvgIpc) is 2.72. The van der Waals surface area contributed by atoms with Crippen molar-refractivity contribution in [3.63, 3.8) is 0 Å². The van der Waals surface area contributed by atoms with Gasteiger partial charge in [0.25, 0.3) is 0 Å². The number of hydrogen-bond donors (Lipinski definition) is 2. The second-order valence-electron chi connectivity index (χ2n) is 10.7. The number of rotatable bonds is 6. The monoisotopic (exact) mass is 462 g/mol. The Morgan fingerprint density at radius 3 is 2.47 bits per heavy atom. The van der Waals surface area contributed by atoms with Gasteiger partial charge in [-0.1, -0.05) is 6.42 Å². The molecule has 2 unspecified atom stereocenters. The fraction of sp³-hybridized carbons (Fsp3) is 0.708. The van der Waals surface area contributed by atoms with Gasteiger partial charge in [0.15, 0.2) is 0 Å². The molecular weight excluding hydrogens is 428 g/mol. The zero-order chi connectivity index (χ0) is 22.6. The van der Waals surface area contributed by atoms with E-state index in [1.54, 1.807) is 12.1 Å². The van der Waals surface area contributed by atoms with Crippen LogP contribution in [0.15, 0.2) is 23.1 Å². The maximum atomic E-state index is 13.2. The van der Waals surface area contributed by atoms with Crippen molar-refractivity contribution in [2.45, 2.75) is 74.7 Å². The second-order valence-corrected chi connectivity index (χ2v) is 12.6. The number of benzene rings is 1. The number of aliphatic hydroxyl groups is 1. The van der Waals surface area contributed by atoms with Crippen molar-refractivity contribution in [1.82, 2.24) is 4.31 Å². The van der Waals surface area contributed by atoms with Crippen LogP contribution >= 0.6 is 0 Å². The van der Waals surface area contributed by atoms with Crippen LogP contribution < -0.4 is 10.1 Å². The smallest absolute Gasteiger partial charge is 0.246 e. The molecule has 2 atom stereocenters. The number of carbonyl (C=O) groups excluding carboxylic acids is 1. The zero-order valence-electron chi connectivity index (χ0n) is 18.8. The van der Waals surface area contributed by atoms with Crippen molar-refractivity contribution in [3.05, 3.63) is 18.2 Å². The van der Waals surface area contributed by atoms with Gasteiger partial charge in [0, 0.05) is 25.2 Å². The summed E-state index contributed by atoms with van der Waals surface area (Å²) in [6, 6.07) is 4.83. The zero-order valence-corrected chi connectivity index (χ0v) is 19.6. The van der Waals surface area contributed by atoms with Gasteiger partial charge in [0.2, 0.25) is 15.9 Å². The molecule has 1 aromatic carbocycles. The molecule has 4 aliphatic carbocycles. The number of amides is 1. The van der Waals surface area contributed by atoms with E-state index in [9.17, 15) is 18.3 Å². The molecule has 0 radical (unpaired) electrons. The lowest BCUT2D eigenvalue weighted by molar-refractivity contribution is -0.167. The maximum Gasteiger partial charge on any atom is 0.246 e. The van der Waals surface area contributed by atoms with E-state index in [4.69, 9.17) is 4.74 Å². The van der Waals surface area contributed by atoms with E-state index in [-0.39, 0.29) is 22.0 Å². The number of piperidine rings is 1. The minimum Gasteiger partial charge on any atom is -0.495 e. The van der Waals surface area contributed by atoms with Gasteiger partial charge in [-0.2, -0.15) is 4.31 Å². The molecule has 32 heavy (non-hydrogen) atoms. The van der Waals surface area contributed by atoms with Crippen molar-refractivity contribution in [2.75, 3.05) is 25.5 Å². The Morgan fingerprint density at radius 2 is 1.84 bits per heavy atom. The number of nitrogens with one attached hydrogen (secondary N) is 1. The van der Waals surface area contributed by atoms with Crippen LogP contribution in [-0.2, 0) is 14.8 Å². The Labute approximate surface area is 190 Å². The van der Waals surface area contributed by atoms with Crippen LogP contribution in [-0.4, -0.2) is 49.5 Å². The van der Waals surface area contributed by atoms with Gasteiger partial charge in [-0.05, 0) is 86.8 Å². The molecule has 5 fully saturated rings. The Morgan fingerprint density at radius 1 is 1.16 bits per heavy atom. The van der Waals surface area contributed by atoms with Gasteiger partial charge in [-0.15, -0.1) is 0 Å². The molecule has 1 aromatic rings. The van der Waals surface area contributed by atoms with Gasteiger partial charge in [-0.25, -0.2) is 8.42 Å². The molecular formula is C24H34N2O5S. The summed E-state index contributed by atoms with van der Waals surface area (Å²) in [4.78, 5) is 13.1. The minimum absolute atomic E-state index is 0.101. The van der Waals surface area contributed by atoms with Gasteiger partial charge >= 0.3 is 0 Å². The third-order valence-corrected chi connectivity index (χ3v) is 9.99. The molecule has 4 bridgehead atoms. The Balaban J connectivity index is 1.33. The fourth-order valence-electron chi connectivity index (χ4n) is 7.35. The minimum atomic E-state index is -3.69. The predicted octanol–water partition coefficient (Wildman–Crippen LogP) is 3.53. The van der Waals surface area contributed by atoms with Crippen molar-refractivity contribution in [1.29, 1.82) is 0 Å². The molecule has 1 aliphatic heterocycles. The Kier molecular flexibility index (Phi) is 5.54. The number of hydrogen-bond acceptors (Lipinski definition) is 5. The van der Waals surface area contributed by atoms with E-state index in [0.29, 0.717) is 43.5 Å². The quantitative estimate of drug-likeness (QED) is 0.674. The number of carbonyl (C=O) groups is 1. The van der Waals surface area contributed by atoms with E-state index < -0.39 is 15.6 Å². The van der Waals surface area contributed by atoms with Crippen molar-refractivity contribution in [3.8, 4) is 5.75 Å². The summed E-state index contributed by atoms with van der Waals surface area (Å²) in [7, 11) is -2.23. The van der Waals surface area contributed by atoms with Gasteiger partial charge < -0.3 is 15.2 Å². The lowest BCUT2D eigenvalue weighted by atomic mass is 9.47. The Hall–Kier alpha value is -1.64. The summed E-state index contributed by atoms with van der Waals surface area (Å²) in [5.41, 5.74) is -0.257. The Bertz CT molecular complexity index is 988. The first-order chi connectivity index (χ1) is 15.2. The third-order valence-electron chi connectivity index (χ3n) is 8.07. The molecule has 7 nitrogen and oxygen atoms in total. The van der Waals surface area contributed by atoms with Gasteiger partial charge in [-0.3, -0.25) is 4.79 Å². The van der Waals surface area contributed by atoms with E-state index in [1.165, 1.54) is 23.9 Å². The SMILES string of the molecule is COc1ccc(NC(=O)CC23CC4CC(CC(O)(C4)C2)C3)cc1S(=O)(=O)N1CCCCC1. The summed E-state index contributed by atoms with van der Waals surface area (Å²) < 4.78 is 33.3. The third kappa shape index (κ3) is 4.05. The summed E-state index contributed by atoms with van der Waals surface area (Å²) in [6.45, 7) is 1.02. The van der Waals surface area contributed by atoms with Gasteiger partial charge in [0.05, 0.1) is 12.7 Å². The lowest BCUT2D eigenvalue weighted by Gasteiger charge is -2.60. The van der Waals surface area contributed by atoms with Crippen molar-refractivity contribution < 1.29 is 23.1 Å². The molecule has 1 amide bonds. The van der Waals surface area contributed by atoms with Gasteiger partial charge in [0.1, 0.15) is 10.6 Å². The highest BCUT2D eigenvalue weighted by atomic mass is 32.2. The van der Waals surface area contributed by atoms with Crippen LogP contribution in [0.5, 0.6) is 5.75 Å². The highest BCUT2D eigenvalue weighted by Gasteiger charge is 2.57. The fourth-order valence-corrected chi connectivity index (χ4v) is 9.05. The normalized spacial score (nSPS) is 34.4. The molecule has 1 heterocycles. The summed E-state index contributed by atoms with van der Waals surface area (Å²) >= 11 is 0. The maximum absolute atomic E-state index is 13.2. The summed E-state index contributed by atoms with van der Waals surface area (Å²) in [6.07, 6.45) is 8.79. The highest BCUT2D eigenvalue weighted by Crippen LogP contribution is 2.62. The first-order valence-corrected chi connectivity index (χ1v) is 13.3. The van der Waals surface area contributed by atoms with E-state index in [1.807, 2.05) is 0 Å². The molecule has 0 aromatic heterocycles. The number of sulfonamides is 1. The van der Waals surface area contributed by atoms with E-state index >= 15 is 0 Å².